The molecule has 1 aliphatic carbocycles. The summed E-state index contributed by atoms with van der Waals surface area (Å²) < 4.78 is 5.49. The first kappa shape index (κ1) is 17.0. The molecule has 0 saturated carbocycles. The van der Waals surface area contributed by atoms with E-state index >= 15 is 0 Å². The number of fused-ring (bicyclic) bond motifs is 3. The highest BCUT2D eigenvalue weighted by atomic mass is 35.5. The summed E-state index contributed by atoms with van der Waals surface area (Å²) in [6.07, 6.45) is 6.52. The summed E-state index contributed by atoms with van der Waals surface area (Å²) in [6.45, 7) is 2.67. The van der Waals surface area contributed by atoms with Crippen LogP contribution in [-0.2, 0) is 12.8 Å². The van der Waals surface area contributed by atoms with Gasteiger partial charge in [0.05, 0.1) is 12.0 Å². The minimum absolute atomic E-state index is 0. The van der Waals surface area contributed by atoms with Gasteiger partial charge in [0.1, 0.15) is 22.7 Å². The largest absolute Gasteiger partial charge is 0.494 e. The second-order valence-corrected chi connectivity index (χ2v) is 6.78. The van der Waals surface area contributed by atoms with Gasteiger partial charge in [0.15, 0.2) is 0 Å². The molecule has 1 N–H and O–H groups in total. The number of hydrogen-bond acceptors (Lipinski definition) is 5. The Morgan fingerprint density at radius 3 is 2.71 bits per heavy atom. The van der Waals surface area contributed by atoms with Crippen molar-refractivity contribution in [1.29, 1.82) is 0 Å². The Morgan fingerprint density at radius 2 is 1.92 bits per heavy atom. The highest BCUT2D eigenvalue weighted by molar-refractivity contribution is 7.19. The summed E-state index contributed by atoms with van der Waals surface area (Å²) in [5, 5.41) is 4.66. The molecule has 3 aromatic rings. The lowest BCUT2D eigenvalue weighted by atomic mass is 9.97. The van der Waals surface area contributed by atoms with Gasteiger partial charge in [-0.1, -0.05) is 0 Å². The van der Waals surface area contributed by atoms with Gasteiger partial charge in [-0.05, 0) is 62.4 Å². The zero-order chi connectivity index (χ0) is 15.6. The maximum absolute atomic E-state index is 5.49. The lowest BCUT2D eigenvalue weighted by Gasteiger charge is -2.12. The van der Waals surface area contributed by atoms with Gasteiger partial charge in [0.25, 0.3) is 0 Å². The number of thiophene rings is 1. The maximum Gasteiger partial charge on any atom is 0.142 e. The van der Waals surface area contributed by atoms with Crippen LogP contribution in [0.4, 0.5) is 11.5 Å². The van der Waals surface area contributed by atoms with E-state index in [4.69, 9.17) is 4.74 Å². The molecule has 2 aromatic heterocycles. The van der Waals surface area contributed by atoms with Crippen molar-refractivity contribution < 1.29 is 4.74 Å². The quantitative estimate of drug-likeness (QED) is 0.699. The molecule has 4 rings (SSSR count). The van der Waals surface area contributed by atoms with Gasteiger partial charge >= 0.3 is 0 Å². The summed E-state index contributed by atoms with van der Waals surface area (Å²) in [6, 6.07) is 8.01. The third-order valence-electron chi connectivity index (χ3n) is 4.18. The Labute approximate surface area is 151 Å². The molecule has 0 amide bonds. The van der Waals surface area contributed by atoms with Crippen molar-refractivity contribution >= 4 is 45.5 Å². The normalized spacial score (nSPS) is 13.2. The second kappa shape index (κ2) is 7.36. The molecule has 0 saturated heterocycles. The Bertz CT molecular complexity index is 832. The molecule has 0 fully saturated rings. The van der Waals surface area contributed by atoms with Crippen molar-refractivity contribution in [2.45, 2.75) is 32.6 Å². The van der Waals surface area contributed by atoms with Crippen molar-refractivity contribution in [3.8, 4) is 5.75 Å². The molecule has 2 heterocycles. The molecule has 24 heavy (non-hydrogen) atoms. The van der Waals surface area contributed by atoms with Crippen LogP contribution in [0.1, 0.15) is 30.2 Å². The average Bonchev–Trinajstić information content (AvgIpc) is 2.96. The van der Waals surface area contributed by atoms with E-state index in [1.54, 1.807) is 6.33 Å². The van der Waals surface area contributed by atoms with E-state index in [9.17, 15) is 0 Å². The average molecular weight is 362 g/mol. The number of halogens is 1. The third kappa shape index (κ3) is 3.19. The Balaban J connectivity index is 0.00000169. The number of benzene rings is 1. The van der Waals surface area contributed by atoms with Crippen molar-refractivity contribution in [3.05, 3.63) is 41.0 Å². The molecule has 1 aliphatic rings. The molecule has 0 aliphatic heterocycles. The molecule has 126 valence electrons. The van der Waals surface area contributed by atoms with Crippen LogP contribution in [-0.4, -0.2) is 16.6 Å². The molecule has 0 radical (unpaired) electrons. The molecular formula is C18H20ClN3OS. The van der Waals surface area contributed by atoms with Crippen LogP contribution < -0.4 is 10.1 Å². The minimum Gasteiger partial charge on any atom is -0.494 e. The summed E-state index contributed by atoms with van der Waals surface area (Å²) in [5.74, 6) is 1.80. The van der Waals surface area contributed by atoms with Crippen molar-refractivity contribution in [2.75, 3.05) is 11.9 Å². The molecule has 4 nitrogen and oxygen atoms in total. The number of aromatic nitrogens is 2. The van der Waals surface area contributed by atoms with Crippen molar-refractivity contribution in [1.82, 2.24) is 9.97 Å². The SMILES string of the molecule is CCOc1ccc(Nc2ncnc3sc4c(c23)CCCC4)cc1.Cl. The van der Waals surface area contributed by atoms with Gasteiger partial charge in [-0.2, -0.15) is 0 Å². The Kier molecular flexibility index (Phi) is 5.21. The monoisotopic (exact) mass is 361 g/mol. The van der Waals surface area contributed by atoms with E-state index in [2.05, 4.69) is 15.3 Å². The lowest BCUT2D eigenvalue weighted by Crippen LogP contribution is -2.01. The van der Waals surface area contributed by atoms with E-state index in [1.807, 2.05) is 42.5 Å². The van der Waals surface area contributed by atoms with Crippen LogP contribution in [0.25, 0.3) is 10.2 Å². The number of aryl methyl sites for hydroxylation is 2. The zero-order valence-corrected chi connectivity index (χ0v) is 15.2. The fourth-order valence-electron chi connectivity index (χ4n) is 3.12. The van der Waals surface area contributed by atoms with Gasteiger partial charge < -0.3 is 10.1 Å². The van der Waals surface area contributed by atoms with Crippen LogP contribution in [0.2, 0.25) is 0 Å². The van der Waals surface area contributed by atoms with E-state index in [1.165, 1.54) is 35.1 Å². The first-order valence-corrected chi connectivity index (χ1v) is 8.92. The first-order chi connectivity index (χ1) is 11.3. The van der Waals surface area contributed by atoms with Crippen molar-refractivity contribution in [2.24, 2.45) is 0 Å². The zero-order valence-electron chi connectivity index (χ0n) is 13.5. The topological polar surface area (TPSA) is 47.0 Å². The minimum atomic E-state index is 0. The van der Waals surface area contributed by atoms with Gasteiger partial charge in [-0.3, -0.25) is 0 Å². The molecule has 1 aromatic carbocycles. The molecule has 0 atom stereocenters. The molecule has 0 spiro atoms. The summed E-state index contributed by atoms with van der Waals surface area (Å²) in [7, 11) is 0. The van der Waals surface area contributed by atoms with Crippen LogP contribution in [0.3, 0.4) is 0 Å². The molecular weight excluding hydrogens is 342 g/mol. The van der Waals surface area contributed by atoms with E-state index < -0.39 is 0 Å². The van der Waals surface area contributed by atoms with Gasteiger partial charge in [0, 0.05) is 10.6 Å². The highest BCUT2D eigenvalue weighted by Crippen LogP contribution is 2.38. The van der Waals surface area contributed by atoms with Crippen molar-refractivity contribution in [3.63, 3.8) is 0 Å². The van der Waals surface area contributed by atoms with Gasteiger partial charge in [0.2, 0.25) is 0 Å². The van der Waals surface area contributed by atoms with E-state index in [0.717, 1.165) is 28.5 Å². The fraction of sp³-hybridized carbons (Fsp3) is 0.333. The smallest absolute Gasteiger partial charge is 0.142 e. The molecule has 6 heteroatoms. The van der Waals surface area contributed by atoms with Crippen LogP contribution in [0.15, 0.2) is 30.6 Å². The predicted molar refractivity (Wildman–Crippen MR) is 102 cm³/mol. The van der Waals surface area contributed by atoms with Gasteiger partial charge in [-0.15, -0.1) is 23.7 Å². The first-order valence-electron chi connectivity index (χ1n) is 8.10. The van der Waals surface area contributed by atoms with Crippen LogP contribution in [0, 0.1) is 0 Å². The summed E-state index contributed by atoms with van der Waals surface area (Å²) >= 11 is 1.82. The molecule has 0 unspecified atom stereocenters. The van der Waals surface area contributed by atoms with Crippen LogP contribution >= 0.6 is 23.7 Å². The number of nitrogens with zero attached hydrogens (tertiary/aromatic N) is 2. The second-order valence-electron chi connectivity index (χ2n) is 5.70. The number of nitrogens with one attached hydrogen (secondary N) is 1. The Hall–Kier alpha value is -1.85. The predicted octanol–water partition coefficient (Wildman–Crippen LogP) is 5.13. The fourth-order valence-corrected chi connectivity index (χ4v) is 4.35. The Morgan fingerprint density at radius 1 is 1.12 bits per heavy atom. The van der Waals surface area contributed by atoms with Crippen LogP contribution in [0.5, 0.6) is 5.75 Å². The summed E-state index contributed by atoms with van der Waals surface area (Å²) in [4.78, 5) is 11.6. The highest BCUT2D eigenvalue weighted by Gasteiger charge is 2.19. The lowest BCUT2D eigenvalue weighted by molar-refractivity contribution is 0.340. The maximum atomic E-state index is 5.49. The third-order valence-corrected chi connectivity index (χ3v) is 5.38. The number of rotatable bonds is 4. The number of anilines is 2. The van der Waals surface area contributed by atoms with E-state index in [-0.39, 0.29) is 12.4 Å². The van der Waals surface area contributed by atoms with Gasteiger partial charge in [-0.25, -0.2) is 9.97 Å². The standard InChI is InChI=1S/C18H19N3OS.ClH/c1-2-22-13-9-7-12(8-10-13)21-17-16-14-5-3-4-6-15(14)23-18(16)20-11-19-17;/h7-11H,2-6H2,1H3,(H,19,20,21);1H. The number of ether oxygens (including phenoxy) is 1. The summed E-state index contributed by atoms with van der Waals surface area (Å²) in [5.41, 5.74) is 2.47. The van der Waals surface area contributed by atoms with E-state index in [0.29, 0.717) is 6.61 Å². The molecule has 0 bridgehead atoms. The number of hydrogen-bond donors (Lipinski definition) is 1.